The van der Waals surface area contributed by atoms with Gasteiger partial charge in [-0.15, -0.1) is 0 Å². The summed E-state index contributed by atoms with van der Waals surface area (Å²) in [4.78, 5) is 25.4. The summed E-state index contributed by atoms with van der Waals surface area (Å²) in [5, 5.41) is 30.8. The minimum atomic E-state index is -4.60. The summed E-state index contributed by atoms with van der Waals surface area (Å²) < 4.78 is 54.0. The molecular weight excluding hydrogens is 753 g/mol. The molecule has 0 radical (unpaired) electrons. The smallest absolute Gasteiger partial charge is 0.306 e. The highest BCUT2D eigenvalue weighted by molar-refractivity contribution is 7.85. The number of ether oxygens (including phenoxy) is 4. The minimum absolute atomic E-state index is 0.158. The molecule has 13 heteroatoms. The fourth-order valence-electron chi connectivity index (χ4n) is 6.77. The molecule has 0 saturated carbocycles. The Morgan fingerprint density at radius 3 is 1.58 bits per heavy atom. The second-order valence-corrected chi connectivity index (χ2v) is 17.2. The first-order valence-electron chi connectivity index (χ1n) is 22.4. The molecule has 0 aromatic carbocycles. The fourth-order valence-corrected chi connectivity index (χ4v) is 7.46. The van der Waals surface area contributed by atoms with Crippen molar-refractivity contribution < 1.29 is 56.8 Å². The highest BCUT2D eigenvalue weighted by Crippen LogP contribution is 2.24. The van der Waals surface area contributed by atoms with E-state index in [0.29, 0.717) is 12.8 Å². The molecule has 0 spiro atoms. The van der Waals surface area contributed by atoms with Gasteiger partial charge in [-0.3, -0.25) is 14.1 Å². The first kappa shape index (κ1) is 53.1. The topological polar surface area (TPSA) is 186 Å². The number of unbranched alkanes of at least 4 members (excludes halogenated alkanes) is 21. The molecule has 0 aromatic heterocycles. The number of esters is 2. The van der Waals surface area contributed by atoms with E-state index in [9.17, 15) is 37.9 Å². The summed E-state index contributed by atoms with van der Waals surface area (Å²) in [6.07, 6.45) is 27.9. The van der Waals surface area contributed by atoms with Crippen molar-refractivity contribution >= 4 is 22.1 Å². The van der Waals surface area contributed by atoms with Gasteiger partial charge in [0.25, 0.3) is 10.1 Å². The summed E-state index contributed by atoms with van der Waals surface area (Å²) in [6, 6.07) is 0. The van der Waals surface area contributed by atoms with Crippen LogP contribution in [0.3, 0.4) is 0 Å². The van der Waals surface area contributed by atoms with Crippen molar-refractivity contribution in [2.24, 2.45) is 0 Å². The first-order valence-corrected chi connectivity index (χ1v) is 24.0. The number of carbonyl (C=O) groups is 2. The van der Waals surface area contributed by atoms with Gasteiger partial charge in [0.2, 0.25) is 0 Å². The van der Waals surface area contributed by atoms with E-state index < -0.39 is 71.2 Å². The molecule has 0 aliphatic carbocycles. The Balaban J connectivity index is 2.45. The number of aliphatic hydroxyl groups excluding tert-OH is 3. The van der Waals surface area contributed by atoms with Gasteiger partial charge < -0.3 is 34.3 Å². The van der Waals surface area contributed by atoms with Crippen molar-refractivity contribution in [2.45, 2.75) is 224 Å². The van der Waals surface area contributed by atoms with Gasteiger partial charge in [-0.1, -0.05) is 154 Å². The quantitative estimate of drug-likeness (QED) is 0.0202. The number of carbonyl (C=O) groups excluding carboxylic acids is 2. The summed E-state index contributed by atoms with van der Waals surface area (Å²) >= 11 is 0. The predicted octanol–water partition coefficient (Wildman–Crippen LogP) is 8.84. The van der Waals surface area contributed by atoms with Crippen molar-refractivity contribution in [1.82, 2.24) is 0 Å². The van der Waals surface area contributed by atoms with E-state index in [1.165, 1.54) is 89.9 Å². The maximum absolute atomic E-state index is 12.8. The van der Waals surface area contributed by atoms with E-state index in [1.807, 2.05) is 0 Å². The Kier molecular flexibility index (Phi) is 32.6. The van der Waals surface area contributed by atoms with E-state index in [4.69, 9.17) is 18.9 Å². The zero-order valence-corrected chi connectivity index (χ0v) is 36.3. The predicted molar refractivity (Wildman–Crippen MR) is 224 cm³/mol. The third kappa shape index (κ3) is 29.9. The molecule has 0 bridgehead atoms. The Bertz CT molecular complexity index is 1160. The van der Waals surface area contributed by atoms with E-state index >= 15 is 0 Å². The molecule has 1 heterocycles. The van der Waals surface area contributed by atoms with Gasteiger partial charge in [0, 0.05) is 12.8 Å². The number of rotatable bonds is 37. The van der Waals surface area contributed by atoms with Crippen LogP contribution in [0.25, 0.3) is 0 Å². The van der Waals surface area contributed by atoms with Crippen LogP contribution in [-0.2, 0) is 38.7 Å². The lowest BCUT2D eigenvalue weighted by Crippen LogP contribution is -2.60. The molecular formula is C44H80O12S. The van der Waals surface area contributed by atoms with Crippen LogP contribution in [-0.4, -0.2) is 96.0 Å². The van der Waals surface area contributed by atoms with Crippen LogP contribution in [0.15, 0.2) is 24.3 Å². The lowest BCUT2D eigenvalue weighted by molar-refractivity contribution is -0.297. The number of allylic oxidation sites excluding steroid dienone is 4. The molecule has 0 aromatic rings. The maximum atomic E-state index is 12.8. The van der Waals surface area contributed by atoms with Crippen LogP contribution in [0, 0.1) is 0 Å². The normalized spacial score (nSPS) is 20.7. The zero-order valence-electron chi connectivity index (χ0n) is 35.4. The van der Waals surface area contributed by atoms with Gasteiger partial charge in [0.1, 0.15) is 36.8 Å². The molecule has 57 heavy (non-hydrogen) atoms. The number of aliphatic hydroxyl groups is 3. The summed E-state index contributed by atoms with van der Waals surface area (Å²) in [6.45, 7) is 3.72. The third-order valence-corrected chi connectivity index (χ3v) is 11.0. The van der Waals surface area contributed by atoms with Crippen molar-refractivity contribution in [3.8, 4) is 0 Å². The lowest BCUT2D eigenvalue weighted by Gasteiger charge is -2.40. The molecule has 1 aliphatic rings. The largest absolute Gasteiger partial charge is 0.462 e. The van der Waals surface area contributed by atoms with E-state index in [-0.39, 0.29) is 19.4 Å². The molecule has 6 atom stereocenters. The monoisotopic (exact) mass is 833 g/mol. The van der Waals surface area contributed by atoms with E-state index in [2.05, 4.69) is 38.2 Å². The van der Waals surface area contributed by atoms with E-state index in [0.717, 1.165) is 57.8 Å². The Labute approximate surface area is 345 Å². The van der Waals surface area contributed by atoms with Gasteiger partial charge in [-0.05, 0) is 44.9 Å². The lowest BCUT2D eigenvalue weighted by atomic mass is 10.00. The Hall–Kier alpha value is -1.87. The standard InChI is InChI=1S/C44H80O12S/c1-3-5-7-9-11-13-15-17-18-19-20-21-23-25-27-29-31-33-40(46)55-37(35-54-44-43(49)42(48)41(47)38(56-44)36-57(50,51)52)34-53-39(45)32-30-28-26-24-22-16-14-12-10-8-6-4-2/h11,13,17-18,37-38,41-44,47-49H,3-10,12,14-16,19-36H2,1-2H3,(H,50,51,52)/b13-11-,18-17-. The molecule has 1 rings (SSSR count). The summed E-state index contributed by atoms with van der Waals surface area (Å²) in [5.74, 6) is -1.99. The second-order valence-electron chi connectivity index (χ2n) is 15.7. The molecule has 4 N–H and O–H groups in total. The van der Waals surface area contributed by atoms with Crippen LogP contribution in [0.1, 0.15) is 187 Å². The van der Waals surface area contributed by atoms with Gasteiger partial charge in [-0.2, -0.15) is 8.42 Å². The number of hydrogen-bond acceptors (Lipinski definition) is 11. The molecule has 6 unspecified atom stereocenters. The first-order chi connectivity index (χ1) is 27.5. The Morgan fingerprint density at radius 2 is 1.05 bits per heavy atom. The highest BCUT2D eigenvalue weighted by atomic mass is 32.2. The van der Waals surface area contributed by atoms with Crippen molar-refractivity contribution in [2.75, 3.05) is 19.0 Å². The molecule has 0 amide bonds. The molecule has 1 aliphatic heterocycles. The zero-order chi connectivity index (χ0) is 42.0. The second kappa shape index (κ2) is 34.9. The maximum Gasteiger partial charge on any atom is 0.306 e. The Morgan fingerprint density at radius 1 is 0.596 bits per heavy atom. The van der Waals surface area contributed by atoms with Crippen LogP contribution < -0.4 is 0 Å². The van der Waals surface area contributed by atoms with Crippen molar-refractivity contribution in [3.05, 3.63) is 24.3 Å². The highest BCUT2D eigenvalue weighted by Gasteiger charge is 2.46. The van der Waals surface area contributed by atoms with Gasteiger partial charge >= 0.3 is 11.9 Å². The summed E-state index contributed by atoms with van der Waals surface area (Å²) in [5.41, 5.74) is 0. The fraction of sp³-hybridized carbons (Fsp3) is 0.864. The van der Waals surface area contributed by atoms with Crippen LogP contribution in [0.5, 0.6) is 0 Å². The molecule has 1 saturated heterocycles. The molecule has 334 valence electrons. The van der Waals surface area contributed by atoms with Gasteiger partial charge in [0.05, 0.1) is 6.61 Å². The molecule has 1 fully saturated rings. The summed E-state index contributed by atoms with van der Waals surface area (Å²) in [7, 11) is -4.60. The van der Waals surface area contributed by atoms with Crippen LogP contribution in [0.4, 0.5) is 0 Å². The van der Waals surface area contributed by atoms with Gasteiger partial charge in [0.15, 0.2) is 12.4 Å². The van der Waals surface area contributed by atoms with Crippen molar-refractivity contribution in [1.29, 1.82) is 0 Å². The van der Waals surface area contributed by atoms with Gasteiger partial charge in [-0.25, -0.2) is 0 Å². The average molecular weight is 833 g/mol. The average Bonchev–Trinajstić information content (AvgIpc) is 3.17. The minimum Gasteiger partial charge on any atom is -0.462 e. The molecule has 12 nitrogen and oxygen atoms in total. The third-order valence-electron chi connectivity index (χ3n) is 10.3. The van der Waals surface area contributed by atoms with Crippen LogP contribution in [0.2, 0.25) is 0 Å². The van der Waals surface area contributed by atoms with Crippen LogP contribution >= 0.6 is 0 Å². The van der Waals surface area contributed by atoms with E-state index in [1.54, 1.807) is 0 Å². The number of hydrogen-bond donors (Lipinski definition) is 4. The van der Waals surface area contributed by atoms with Crippen molar-refractivity contribution in [3.63, 3.8) is 0 Å². The SMILES string of the molecule is CCCCC/C=C\C/C=C\CCCCCCCCCC(=O)OC(COC(=O)CCCCCCCCCCCCCC)COC1OC(CS(=O)(=O)O)C(O)C(O)C1O.